The maximum atomic E-state index is 14.3. The normalized spacial score (nSPS) is 16.1. The minimum Gasteiger partial charge on any atom is -0.404 e. The first-order chi connectivity index (χ1) is 13.3. The fourth-order valence-corrected chi connectivity index (χ4v) is 2.93. The smallest absolute Gasteiger partial charge is 0.219 e. The molecule has 0 aliphatic carbocycles. The van der Waals surface area contributed by atoms with E-state index in [0.29, 0.717) is 18.5 Å². The zero-order valence-corrected chi connectivity index (χ0v) is 16.1. The summed E-state index contributed by atoms with van der Waals surface area (Å²) in [6.07, 6.45) is 3.11. The lowest BCUT2D eigenvalue weighted by atomic mass is 10.0. The van der Waals surface area contributed by atoms with Crippen LogP contribution in [0.15, 0.2) is 39.6 Å². The Balaban J connectivity index is 2.51. The van der Waals surface area contributed by atoms with Gasteiger partial charge in [0.05, 0.1) is 6.54 Å². The summed E-state index contributed by atoms with van der Waals surface area (Å²) in [6.45, 7) is 2.28. The molecule has 1 heterocycles. The molecule has 5 N–H and O–H groups in total. The highest BCUT2D eigenvalue weighted by Crippen LogP contribution is 2.27. The van der Waals surface area contributed by atoms with Crippen LogP contribution in [0.4, 0.5) is 14.5 Å². The van der Waals surface area contributed by atoms with Gasteiger partial charge in [0, 0.05) is 74.9 Å². The molecule has 7 nitrogen and oxygen atoms in total. The van der Waals surface area contributed by atoms with Crippen LogP contribution in [0.1, 0.15) is 18.9 Å². The van der Waals surface area contributed by atoms with E-state index < -0.39 is 11.6 Å². The van der Waals surface area contributed by atoms with E-state index >= 15 is 0 Å². The summed E-state index contributed by atoms with van der Waals surface area (Å²) in [5.41, 5.74) is 13.3. The second kappa shape index (κ2) is 9.12. The number of nitrogens with one attached hydrogen (secondary N) is 1. The summed E-state index contributed by atoms with van der Waals surface area (Å²) in [5, 5.41) is 3.04. The van der Waals surface area contributed by atoms with Gasteiger partial charge in [0.25, 0.3) is 0 Å². The monoisotopic (exact) mass is 390 g/mol. The van der Waals surface area contributed by atoms with Gasteiger partial charge < -0.3 is 21.7 Å². The number of nitrogens with zero attached hydrogens (tertiary/aromatic N) is 3. The summed E-state index contributed by atoms with van der Waals surface area (Å²) in [6, 6.07) is 1.95. The fourth-order valence-electron chi connectivity index (χ4n) is 2.93. The molecule has 0 unspecified atom stereocenters. The first-order valence-corrected chi connectivity index (χ1v) is 8.65. The number of amides is 1. The largest absolute Gasteiger partial charge is 0.404 e. The van der Waals surface area contributed by atoms with Crippen molar-refractivity contribution in [2.75, 3.05) is 27.2 Å². The molecule has 9 heteroatoms. The van der Waals surface area contributed by atoms with Gasteiger partial charge in [0.2, 0.25) is 5.91 Å². The maximum absolute atomic E-state index is 14.3. The van der Waals surface area contributed by atoms with Gasteiger partial charge in [0.1, 0.15) is 17.3 Å². The van der Waals surface area contributed by atoms with Crippen molar-refractivity contribution in [2.45, 2.75) is 13.3 Å². The van der Waals surface area contributed by atoms with E-state index in [-0.39, 0.29) is 35.1 Å². The second-order valence-electron chi connectivity index (χ2n) is 6.19. The lowest BCUT2D eigenvalue weighted by Crippen LogP contribution is -2.40. The molecule has 1 amide bonds. The standard InChI is InChI=1S/C19H24F2N6O/c1-11(28)27-5-4-17(25-3)14(10-27)19(23)26-18-6-13(12(8-22)9-24-2)15(20)7-16(18)21/h6-9,25H,4-5,10,22H2,1-3H3,(H2,23,26)/b12-8+,24-9?. The Morgan fingerprint density at radius 2 is 2.04 bits per heavy atom. The third kappa shape index (κ3) is 4.54. The van der Waals surface area contributed by atoms with E-state index in [2.05, 4.69) is 15.3 Å². The molecule has 1 aliphatic rings. The fraction of sp³-hybridized carbons (Fsp3) is 0.316. The molecular weight excluding hydrogens is 366 g/mol. The van der Waals surface area contributed by atoms with Gasteiger partial charge >= 0.3 is 0 Å². The second-order valence-corrected chi connectivity index (χ2v) is 6.19. The Bertz CT molecular complexity index is 889. The average molecular weight is 390 g/mol. The number of allylic oxidation sites excluding steroid dienone is 1. The quantitative estimate of drug-likeness (QED) is 0.525. The van der Waals surface area contributed by atoms with Crippen LogP contribution in [0, 0.1) is 11.6 Å². The molecule has 0 radical (unpaired) electrons. The zero-order valence-electron chi connectivity index (χ0n) is 16.1. The minimum atomic E-state index is -0.861. The summed E-state index contributed by atoms with van der Waals surface area (Å²) >= 11 is 0. The number of amidine groups is 1. The molecule has 2 rings (SSSR count). The molecule has 0 saturated heterocycles. The van der Waals surface area contributed by atoms with Crippen LogP contribution in [-0.2, 0) is 4.79 Å². The molecule has 0 aromatic heterocycles. The molecule has 28 heavy (non-hydrogen) atoms. The molecule has 1 aromatic rings. The van der Waals surface area contributed by atoms with Gasteiger partial charge in [-0.05, 0) is 6.07 Å². The Morgan fingerprint density at radius 1 is 1.32 bits per heavy atom. The number of halogens is 2. The highest BCUT2D eigenvalue weighted by molar-refractivity contribution is 6.10. The van der Waals surface area contributed by atoms with Crippen molar-refractivity contribution in [1.29, 1.82) is 0 Å². The molecular formula is C19H24F2N6O. The van der Waals surface area contributed by atoms with Crippen molar-refractivity contribution in [3.05, 3.63) is 46.8 Å². The Morgan fingerprint density at radius 3 is 2.61 bits per heavy atom. The van der Waals surface area contributed by atoms with Crippen molar-refractivity contribution in [1.82, 2.24) is 10.2 Å². The third-order valence-electron chi connectivity index (χ3n) is 4.44. The predicted octanol–water partition coefficient (Wildman–Crippen LogP) is 1.68. The van der Waals surface area contributed by atoms with E-state index in [4.69, 9.17) is 11.5 Å². The molecule has 0 saturated carbocycles. The predicted molar refractivity (Wildman–Crippen MR) is 107 cm³/mol. The van der Waals surface area contributed by atoms with Crippen LogP contribution in [0.2, 0.25) is 0 Å². The number of nitrogens with two attached hydrogens (primary N) is 2. The van der Waals surface area contributed by atoms with Gasteiger partial charge in [-0.25, -0.2) is 13.8 Å². The van der Waals surface area contributed by atoms with E-state index in [1.165, 1.54) is 32.5 Å². The van der Waals surface area contributed by atoms with Crippen molar-refractivity contribution < 1.29 is 13.6 Å². The highest BCUT2D eigenvalue weighted by Gasteiger charge is 2.23. The SMILES string of the molecule is CN=C/C(=C\N)c1cc(N=C(N)C2=C(NC)CCN(C(C)=O)C2)c(F)cc1F. The van der Waals surface area contributed by atoms with E-state index in [0.717, 1.165) is 11.8 Å². The van der Waals surface area contributed by atoms with Gasteiger partial charge in [-0.15, -0.1) is 0 Å². The average Bonchev–Trinajstić information content (AvgIpc) is 2.67. The molecule has 1 aliphatic heterocycles. The minimum absolute atomic E-state index is 0.0502. The van der Waals surface area contributed by atoms with Gasteiger partial charge in [-0.3, -0.25) is 9.79 Å². The van der Waals surface area contributed by atoms with Gasteiger partial charge in [0.15, 0.2) is 5.82 Å². The lowest BCUT2D eigenvalue weighted by molar-refractivity contribution is -0.128. The summed E-state index contributed by atoms with van der Waals surface area (Å²) in [4.78, 5) is 21.3. The zero-order chi connectivity index (χ0) is 20.8. The molecule has 0 atom stereocenters. The van der Waals surface area contributed by atoms with Crippen molar-refractivity contribution >= 4 is 29.2 Å². The number of carbonyl (C=O) groups is 1. The van der Waals surface area contributed by atoms with Crippen LogP contribution < -0.4 is 16.8 Å². The molecule has 1 aromatic carbocycles. The number of hydrogen-bond acceptors (Lipinski definition) is 5. The van der Waals surface area contributed by atoms with Crippen molar-refractivity contribution in [3.8, 4) is 0 Å². The lowest BCUT2D eigenvalue weighted by Gasteiger charge is -2.29. The van der Waals surface area contributed by atoms with Crippen LogP contribution in [0.25, 0.3) is 5.57 Å². The number of rotatable bonds is 5. The maximum Gasteiger partial charge on any atom is 0.219 e. The van der Waals surface area contributed by atoms with E-state index in [1.54, 1.807) is 11.9 Å². The molecule has 150 valence electrons. The molecule has 0 spiro atoms. The Labute approximate surface area is 162 Å². The van der Waals surface area contributed by atoms with Gasteiger partial charge in [-0.2, -0.15) is 0 Å². The van der Waals surface area contributed by atoms with Crippen molar-refractivity contribution in [3.63, 3.8) is 0 Å². The number of carbonyl (C=O) groups excluding carboxylic acids is 1. The summed E-state index contributed by atoms with van der Waals surface area (Å²) in [5.74, 6) is -1.69. The van der Waals surface area contributed by atoms with E-state index in [9.17, 15) is 13.6 Å². The Kier molecular flexibility index (Phi) is 6.86. The van der Waals surface area contributed by atoms with Crippen LogP contribution in [0.5, 0.6) is 0 Å². The highest BCUT2D eigenvalue weighted by atomic mass is 19.1. The molecule has 0 bridgehead atoms. The first-order valence-electron chi connectivity index (χ1n) is 8.65. The third-order valence-corrected chi connectivity index (χ3v) is 4.44. The first kappa shape index (κ1) is 21.1. The van der Waals surface area contributed by atoms with Crippen LogP contribution in [-0.4, -0.2) is 50.0 Å². The topological polar surface area (TPSA) is 109 Å². The summed E-state index contributed by atoms with van der Waals surface area (Å²) < 4.78 is 28.5. The number of benzene rings is 1. The van der Waals surface area contributed by atoms with Crippen molar-refractivity contribution in [2.24, 2.45) is 21.5 Å². The summed E-state index contributed by atoms with van der Waals surface area (Å²) in [7, 11) is 3.25. The number of aliphatic imine (C=N–C) groups is 2. The Hall–Kier alpha value is -3.23. The van der Waals surface area contributed by atoms with Crippen LogP contribution in [0.3, 0.4) is 0 Å². The van der Waals surface area contributed by atoms with E-state index in [1.807, 2.05) is 0 Å². The number of hydrogen-bond donors (Lipinski definition) is 3. The van der Waals surface area contributed by atoms with Gasteiger partial charge in [-0.1, -0.05) is 0 Å². The molecule has 0 fully saturated rings. The van der Waals surface area contributed by atoms with Crippen LogP contribution >= 0.6 is 0 Å².